The highest BCUT2D eigenvalue weighted by atomic mass is 32.2. The minimum atomic E-state index is -3.76. The fourth-order valence-corrected chi connectivity index (χ4v) is 5.69. The van der Waals surface area contributed by atoms with Gasteiger partial charge < -0.3 is 14.4 Å². The molecule has 0 spiro atoms. The molecular weight excluding hydrogens is 368 g/mol. The van der Waals surface area contributed by atoms with E-state index in [0.717, 1.165) is 5.56 Å². The Balaban J connectivity index is 1.89. The number of carbonyl (C=O) groups is 1. The van der Waals surface area contributed by atoms with Crippen LogP contribution in [0.2, 0.25) is 0 Å². The summed E-state index contributed by atoms with van der Waals surface area (Å²) in [6.45, 7) is 8.43. The maximum absolute atomic E-state index is 13.4. The van der Waals surface area contributed by atoms with Gasteiger partial charge in [-0.05, 0) is 56.9 Å². The van der Waals surface area contributed by atoms with Crippen LogP contribution in [0, 0.1) is 13.8 Å². The quantitative estimate of drug-likeness (QED) is 0.757. The summed E-state index contributed by atoms with van der Waals surface area (Å²) in [5.74, 6) is 0.580. The zero-order chi connectivity index (χ0) is 19.6. The normalized spacial score (nSPS) is 21.4. The molecule has 2 heterocycles. The first-order chi connectivity index (χ1) is 12.9. The lowest BCUT2D eigenvalue weighted by molar-refractivity contribution is -0.138. The Morgan fingerprint density at radius 1 is 1.19 bits per heavy atom. The number of ether oxygens (including phenoxy) is 2. The first-order valence-corrected chi connectivity index (χ1v) is 10.9. The molecule has 0 radical (unpaired) electrons. The summed E-state index contributed by atoms with van der Waals surface area (Å²) in [5.41, 5.74) is 1.41. The van der Waals surface area contributed by atoms with Crippen LogP contribution < -0.4 is 4.74 Å². The second-order valence-corrected chi connectivity index (χ2v) is 8.89. The van der Waals surface area contributed by atoms with Gasteiger partial charge in [0.15, 0.2) is 0 Å². The second kappa shape index (κ2) is 8.16. The first-order valence-electron chi connectivity index (χ1n) is 9.48. The fourth-order valence-electron chi connectivity index (χ4n) is 3.75. The highest BCUT2D eigenvalue weighted by molar-refractivity contribution is 7.89. The van der Waals surface area contributed by atoms with Crippen LogP contribution in [0.5, 0.6) is 5.75 Å². The molecule has 0 N–H and O–H groups in total. The van der Waals surface area contributed by atoms with Gasteiger partial charge in [-0.1, -0.05) is 0 Å². The van der Waals surface area contributed by atoms with Crippen molar-refractivity contribution in [2.45, 2.75) is 44.6 Å². The molecule has 0 aromatic heterocycles. The minimum Gasteiger partial charge on any atom is -0.494 e. The SMILES string of the molecule is CCOc1cc(C)c(S(=O)(=O)N2CCC[C@@H]2C(=O)N2CCOCC2)cc1C. The van der Waals surface area contributed by atoms with E-state index in [9.17, 15) is 13.2 Å². The van der Waals surface area contributed by atoms with Crippen molar-refractivity contribution in [1.29, 1.82) is 0 Å². The number of hydrogen-bond acceptors (Lipinski definition) is 5. The summed E-state index contributed by atoms with van der Waals surface area (Å²) >= 11 is 0. The molecule has 0 aliphatic carbocycles. The van der Waals surface area contributed by atoms with Gasteiger partial charge in [-0.3, -0.25) is 4.79 Å². The molecule has 2 aliphatic rings. The topological polar surface area (TPSA) is 76.2 Å². The molecule has 150 valence electrons. The summed E-state index contributed by atoms with van der Waals surface area (Å²) < 4.78 is 39.0. The lowest BCUT2D eigenvalue weighted by atomic mass is 10.1. The second-order valence-electron chi connectivity index (χ2n) is 7.03. The predicted molar refractivity (Wildman–Crippen MR) is 101 cm³/mol. The molecule has 1 aromatic carbocycles. The zero-order valence-corrected chi connectivity index (χ0v) is 17.0. The van der Waals surface area contributed by atoms with E-state index in [2.05, 4.69) is 0 Å². The third-order valence-electron chi connectivity index (χ3n) is 5.17. The van der Waals surface area contributed by atoms with E-state index in [-0.39, 0.29) is 10.8 Å². The van der Waals surface area contributed by atoms with Crippen LogP contribution >= 0.6 is 0 Å². The molecular formula is C19H28N2O5S. The van der Waals surface area contributed by atoms with Crippen molar-refractivity contribution in [3.63, 3.8) is 0 Å². The molecule has 0 unspecified atom stereocenters. The molecule has 1 amide bonds. The van der Waals surface area contributed by atoms with E-state index in [1.54, 1.807) is 24.0 Å². The molecule has 2 fully saturated rings. The third kappa shape index (κ3) is 3.97. The number of benzene rings is 1. The molecule has 27 heavy (non-hydrogen) atoms. The molecule has 1 atom stereocenters. The first kappa shape index (κ1) is 20.1. The van der Waals surface area contributed by atoms with Gasteiger partial charge in [0, 0.05) is 19.6 Å². The Bertz CT molecular complexity index is 803. The van der Waals surface area contributed by atoms with Crippen molar-refractivity contribution < 1.29 is 22.7 Å². The van der Waals surface area contributed by atoms with Gasteiger partial charge in [-0.2, -0.15) is 4.31 Å². The van der Waals surface area contributed by atoms with Gasteiger partial charge in [0.2, 0.25) is 15.9 Å². The number of sulfonamides is 1. The summed E-state index contributed by atoms with van der Waals surface area (Å²) in [5, 5.41) is 0. The van der Waals surface area contributed by atoms with Crippen molar-refractivity contribution in [1.82, 2.24) is 9.21 Å². The van der Waals surface area contributed by atoms with Crippen LogP contribution in [0.4, 0.5) is 0 Å². The summed E-state index contributed by atoms with van der Waals surface area (Å²) in [4.78, 5) is 14.9. The molecule has 2 saturated heterocycles. The van der Waals surface area contributed by atoms with Gasteiger partial charge in [0.25, 0.3) is 0 Å². The van der Waals surface area contributed by atoms with E-state index < -0.39 is 16.1 Å². The van der Waals surface area contributed by atoms with Crippen molar-refractivity contribution >= 4 is 15.9 Å². The Morgan fingerprint density at radius 3 is 2.56 bits per heavy atom. The molecule has 8 heteroatoms. The standard InChI is InChI=1S/C19H28N2O5S/c1-4-26-17-12-15(3)18(13-14(17)2)27(23,24)21-7-5-6-16(21)19(22)20-8-10-25-11-9-20/h12-13,16H,4-11H2,1-3H3/t16-/m1/s1. The lowest BCUT2D eigenvalue weighted by Gasteiger charge is -2.32. The number of nitrogens with zero attached hydrogens (tertiary/aromatic N) is 2. The van der Waals surface area contributed by atoms with Crippen LogP contribution in [-0.2, 0) is 19.6 Å². The van der Waals surface area contributed by atoms with E-state index in [4.69, 9.17) is 9.47 Å². The molecule has 2 aliphatic heterocycles. The van der Waals surface area contributed by atoms with Crippen molar-refractivity contribution in [3.8, 4) is 5.75 Å². The smallest absolute Gasteiger partial charge is 0.244 e. The zero-order valence-electron chi connectivity index (χ0n) is 16.2. The van der Waals surface area contributed by atoms with Crippen LogP contribution in [-0.4, -0.2) is 69.0 Å². The Labute approximate surface area is 161 Å². The molecule has 0 bridgehead atoms. The van der Waals surface area contributed by atoms with E-state index in [1.165, 1.54) is 4.31 Å². The molecule has 7 nitrogen and oxygen atoms in total. The number of hydrogen-bond donors (Lipinski definition) is 0. The number of amides is 1. The van der Waals surface area contributed by atoms with Crippen molar-refractivity contribution in [3.05, 3.63) is 23.3 Å². The van der Waals surface area contributed by atoms with Gasteiger partial charge in [-0.15, -0.1) is 0 Å². The third-order valence-corrected chi connectivity index (χ3v) is 7.22. The number of carbonyl (C=O) groups excluding carboxylic acids is 1. The van der Waals surface area contributed by atoms with Crippen LogP contribution in [0.1, 0.15) is 30.9 Å². The average molecular weight is 397 g/mol. The maximum atomic E-state index is 13.4. The lowest BCUT2D eigenvalue weighted by Crippen LogP contribution is -2.51. The monoisotopic (exact) mass is 396 g/mol. The fraction of sp³-hybridized carbons (Fsp3) is 0.632. The summed E-state index contributed by atoms with van der Waals surface area (Å²) in [7, 11) is -3.76. The molecule has 0 saturated carbocycles. The minimum absolute atomic E-state index is 0.111. The highest BCUT2D eigenvalue weighted by Crippen LogP contribution is 2.32. The molecule has 1 aromatic rings. The Kier molecular flexibility index (Phi) is 6.08. The van der Waals surface area contributed by atoms with Crippen molar-refractivity contribution in [2.75, 3.05) is 39.5 Å². The van der Waals surface area contributed by atoms with E-state index in [1.807, 2.05) is 13.8 Å². The van der Waals surface area contributed by atoms with Gasteiger partial charge in [-0.25, -0.2) is 8.42 Å². The van der Waals surface area contributed by atoms with Gasteiger partial charge in [0.05, 0.1) is 24.7 Å². The average Bonchev–Trinajstić information content (AvgIpc) is 3.15. The predicted octanol–water partition coefficient (Wildman–Crippen LogP) is 1.71. The van der Waals surface area contributed by atoms with Crippen LogP contribution in [0.15, 0.2) is 17.0 Å². The summed E-state index contributed by atoms with van der Waals surface area (Å²) in [6.07, 6.45) is 1.25. The van der Waals surface area contributed by atoms with Crippen LogP contribution in [0.25, 0.3) is 0 Å². The number of rotatable bonds is 5. The highest BCUT2D eigenvalue weighted by Gasteiger charge is 2.42. The Morgan fingerprint density at radius 2 is 1.89 bits per heavy atom. The largest absolute Gasteiger partial charge is 0.494 e. The van der Waals surface area contributed by atoms with Crippen molar-refractivity contribution in [2.24, 2.45) is 0 Å². The van der Waals surface area contributed by atoms with E-state index in [0.29, 0.717) is 63.6 Å². The Hall–Kier alpha value is -1.64. The number of morpholine rings is 1. The molecule has 3 rings (SSSR count). The van der Waals surface area contributed by atoms with Gasteiger partial charge in [0.1, 0.15) is 11.8 Å². The van der Waals surface area contributed by atoms with E-state index >= 15 is 0 Å². The number of aryl methyl sites for hydroxylation is 2. The maximum Gasteiger partial charge on any atom is 0.244 e. The summed E-state index contributed by atoms with van der Waals surface area (Å²) in [6, 6.07) is 2.80. The van der Waals surface area contributed by atoms with Gasteiger partial charge >= 0.3 is 0 Å². The van der Waals surface area contributed by atoms with Crippen LogP contribution in [0.3, 0.4) is 0 Å².